The fourth-order valence-electron chi connectivity index (χ4n) is 2.88. The largest absolute Gasteiger partial charge is 0.370 e. The summed E-state index contributed by atoms with van der Waals surface area (Å²) in [5, 5.41) is 8.64. The molecule has 28 heavy (non-hydrogen) atoms. The lowest BCUT2D eigenvalue weighted by molar-refractivity contribution is 0.251. The first kappa shape index (κ1) is 17.5. The van der Waals surface area contributed by atoms with Crippen LogP contribution in [0.25, 0.3) is 16.9 Å². The van der Waals surface area contributed by atoms with E-state index in [0.717, 1.165) is 28.4 Å². The Kier molecular flexibility index (Phi) is 4.83. The Bertz CT molecular complexity index is 1090. The maximum atomic E-state index is 12.1. The van der Waals surface area contributed by atoms with Crippen molar-refractivity contribution in [1.29, 1.82) is 0 Å². The van der Waals surface area contributed by atoms with Crippen LogP contribution >= 0.6 is 0 Å². The molecule has 8 nitrogen and oxygen atoms in total. The Balaban J connectivity index is 1.45. The zero-order chi connectivity index (χ0) is 19.3. The number of nitrogens with one attached hydrogen (secondary N) is 3. The molecule has 0 saturated heterocycles. The number of aromatic nitrogens is 4. The third kappa shape index (κ3) is 3.61. The Morgan fingerprint density at radius 3 is 2.64 bits per heavy atom. The van der Waals surface area contributed by atoms with Crippen LogP contribution in [0.1, 0.15) is 5.69 Å². The van der Waals surface area contributed by atoms with E-state index in [1.807, 2.05) is 60.1 Å². The van der Waals surface area contributed by atoms with Gasteiger partial charge in [-0.3, -0.25) is 9.38 Å². The highest BCUT2D eigenvalue weighted by Crippen LogP contribution is 2.24. The highest BCUT2D eigenvalue weighted by Gasteiger charge is 2.10. The topological polar surface area (TPSA) is 96.2 Å². The van der Waals surface area contributed by atoms with Gasteiger partial charge in [0.2, 0.25) is 0 Å². The number of pyridine rings is 1. The average Bonchev–Trinajstić information content (AvgIpc) is 3.18. The number of carbonyl (C=O) groups excluding carboxylic acids is 1. The number of hydrogen-bond donors (Lipinski definition) is 3. The monoisotopic (exact) mass is 373 g/mol. The molecule has 0 bridgehead atoms. The smallest absolute Gasteiger partial charge is 0.319 e. The van der Waals surface area contributed by atoms with E-state index in [1.54, 1.807) is 18.6 Å². The van der Waals surface area contributed by atoms with Crippen molar-refractivity contribution in [2.45, 2.75) is 6.54 Å². The highest BCUT2D eigenvalue weighted by molar-refractivity contribution is 5.89. The van der Waals surface area contributed by atoms with Crippen molar-refractivity contribution in [2.75, 3.05) is 17.7 Å². The van der Waals surface area contributed by atoms with Crippen LogP contribution in [0.5, 0.6) is 0 Å². The van der Waals surface area contributed by atoms with E-state index >= 15 is 0 Å². The van der Waals surface area contributed by atoms with Crippen LogP contribution in [0.15, 0.2) is 67.3 Å². The molecule has 2 amide bonds. The highest BCUT2D eigenvalue weighted by atomic mass is 16.2. The molecule has 0 saturated carbocycles. The van der Waals surface area contributed by atoms with Crippen molar-refractivity contribution in [2.24, 2.45) is 0 Å². The molecule has 3 aromatic heterocycles. The third-order valence-electron chi connectivity index (χ3n) is 4.26. The van der Waals surface area contributed by atoms with Crippen LogP contribution < -0.4 is 16.0 Å². The standard InChI is InChI=1S/C20H19N7O/c1-21-18-19-24-13-17(27(19)11-10-23-18)14-5-7-15(8-6-14)26-20(28)25-12-16-4-2-3-9-22-16/h2-11,13H,12H2,1H3,(H,21,23)(H2,25,26,28). The Hall–Kier alpha value is -3.94. The van der Waals surface area contributed by atoms with Crippen LogP contribution in [0, 0.1) is 0 Å². The summed E-state index contributed by atoms with van der Waals surface area (Å²) in [6, 6.07) is 12.9. The first-order valence-electron chi connectivity index (χ1n) is 8.79. The van der Waals surface area contributed by atoms with Crippen molar-refractivity contribution in [3.63, 3.8) is 0 Å². The number of imidazole rings is 1. The molecule has 0 radical (unpaired) electrons. The van der Waals surface area contributed by atoms with E-state index < -0.39 is 0 Å². The van der Waals surface area contributed by atoms with Crippen LogP contribution in [0.4, 0.5) is 16.3 Å². The van der Waals surface area contributed by atoms with E-state index in [4.69, 9.17) is 0 Å². The Morgan fingerprint density at radius 2 is 1.89 bits per heavy atom. The SMILES string of the molecule is CNc1nccn2c(-c3ccc(NC(=O)NCc4ccccn4)cc3)cnc12. The normalized spacial score (nSPS) is 10.6. The molecular weight excluding hydrogens is 354 g/mol. The fraction of sp³-hybridized carbons (Fsp3) is 0.100. The Labute approximate surface area is 161 Å². The molecule has 0 fully saturated rings. The Morgan fingerprint density at radius 1 is 1.04 bits per heavy atom. The molecule has 3 N–H and O–H groups in total. The van der Waals surface area contributed by atoms with Gasteiger partial charge in [0.15, 0.2) is 11.5 Å². The van der Waals surface area contributed by atoms with Crippen molar-refractivity contribution >= 4 is 23.2 Å². The molecule has 0 aliphatic carbocycles. The second-order valence-electron chi connectivity index (χ2n) is 6.07. The van der Waals surface area contributed by atoms with Gasteiger partial charge in [0.25, 0.3) is 0 Å². The fourth-order valence-corrected chi connectivity index (χ4v) is 2.88. The first-order valence-corrected chi connectivity index (χ1v) is 8.79. The minimum absolute atomic E-state index is 0.280. The molecule has 0 unspecified atom stereocenters. The molecule has 0 atom stereocenters. The van der Waals surface area contributed by atoms with Crippen LogP contribution in [0.3, 0.4) is 0 Å². The molecule has 4 rings (SSSR count). The number of amides is 2. The number of benzene rings is 1. The van der Waals surface area contributed by atoms with Crippen LogP contribution in [-0.2, 0) is 6.54 Å². The van der Waals surface area contributed by atoms with Crippen molar-refractivity contribution < 1.29 is 4.79 Å². The molecule has 0 aliphatic heterocycles. The molecule has 4 aromatic rings. The van der Waals surface area contributed by atoms with Crippen LogP contribution in [-0.4, -0.2) is 32.4 Å². The van der Waals surface area contributed by atoms with E-state index in [9.17, 15) is 4.79 Å². The average molecular weight is 373 g/mol. The molecule has 0 aliphatic rings. The van der Waals surface area contributed by atoms with Gasteiger partial charge in [-0.15, -0.1) is 0 Å². The third-order valence-corrected chi connectivity index (χ3v) is 4.26. The van der Waals surface area contributed by atoms with Gasteiger partial charge in [-0.2, -0.15) is 0 Å². The molecule has 1 aromatic carbocycles. The van der Waals surface area contributed by atoms with Gasteiger partial charge in [-0.25, -0.2) is 14.8 Å². The van der Waals surface area contributed by atoms with Crippen molar-refractivity contribution in [3.05, 3.63) is 72.9 Å². The summed E-state index contributed by atoms with van der Waals surface area (Å²) in [6.45, 7) is 0.369. The van der Waals surface area contributed by atoms with Gasteiger partial charge >= 0.3 is 6.03 Å². The maximum absolute atomic E-state index is 12.1. The molecular formula is C20H19N7O. The maximum Gasteiger partial charge on any atom is 0.319 e. The summed E-state index contributed by atoms with van der Waals surface area (Å²) in [6.07, 6.45) is 7.10. The summed E-state index contributed by atoms with van der Waals surface area (Å²) >= 11 is 0. The summed E-state index contributed by atoms with van der Waals surface area (Å²) in [4.78, 5) is 24.9. The number of nitrogens with zero attached hydrogens (tertiary/aromatic N) is 4. The number of hydrogen-bond acceptors (Lipinski definition) is 5. The van der Waals surface area contributed by atoms with Crippen molar-refractivity contribution in [1.82, 2.24) is 24.7 Å². The van der Waals surface area contributed by atoms with E-state index in [2.05, 4.69) is 30.9 Å². The van der Waals surface area contributed by atoms with Gasteiger partial charge in [-0.05, 0) is 24.3 Å². The minimum Gasteiger partial charge on any atom is -0.370 e. The predicted molar refractivity (Wildman–Crippen MR) is 108 cm³/mol. The molecule has 8 heteroatoms. The van der Waals surface area contributed by atoms with E-state index in [1.165, 1.54) is 0 Å². The summed E-state index contributed by atoms with van der Waals surface area (Å²) < 4.78 is 1.97. The number of carbonyl (C=O) groups is 1. The zero-order valence-electron chi connectivity index (χ0n) is 15.3. The number of rotatable bonds is 5. The van der Waals surface area contributed by atoms with Gasteiger partial charge in [0.05, 0.1) is 24.1 Å². The first-order chi connectivity index (χ1) is 13.7. The van der Waals surface area contributed by atoms with Crippen molar-refractivity contribution in [3.8, 4) is 11.3 Å². The van der Waals surface area contributed by atoms with Gasteiger partial charge in [0, 0.05) is 36.9 Å². The lowest BCUT2D eigenvalue weighted by Crippen LogP contribution is -2.28. The zero-order valence-corrected chi connectivity index (χ0v) is 15.3. The summed E-state index contributed by atoms with van der Waals surface area (Å²) in [5.41, 5.74) is 4.20. The molecule has 3 heterocycles. The van der Waals surface area contributed by atoms with Gasteiger partial charge < -0.3 is 16.0 Å². The lowest BCUT2D eigenvalue weighted by Gasteiger charge is -2.08. The summed E-state index contributed by atoms with van der Waals surface area (Å²) in [7, 11) is 1.82. The van der Waals surface area contributed by atoms with E-state index in [0.29, 0.717) is 12.2 Å². The number of urea groups is 1. The second-order valence-corrected chi connectivity index (χ2v) is 6.07. The lowest BCUT2D eigenvalue weighted by atomic mass is 10.1. The number of fused-ring (bicyclic) bond motifs is 1. The number of anilines is 2. The van der Waals surface area contributed by atoms with Gasteiger partial charge in [-0.1, -0.05) is 18.2 Å². The van der Waals surface area contributed by atoms with E-state index in [-0.39, 0.29) is 6.03 Å². The summed E-state index contributed by atoms with van der Waals surface area (Å²) in [5.74, 6) is 0.719. The second kappa shape index (κ2) is 7.75. The minimum atomic E-state index is -0.280. The molecule has 140 valence electrons. The quantitative estimate of drug-likeness (QED) is 0.499. The predicted octanol–water partition coefficient (Wildman–Crippen LogP) is 3.15. The van der Waals surface area contributed by atoms with Gasteiger partial charge in [0.1, 0.15) is 0 Å². The van der Waals surface area contributed by atoms with Crippen LogP contribution in [0.2, 0.25) is 0 Å². The molecule has 0 spiro atoms.